The molecule has 0 fully saturated rings. The largest absolute Gasteiger partial charge is 0.387 e. The van der Waals surface area contributed by atoms with E-state index in [1.165, 1.54) is 0 Å². The summed E-state index contributed by atoms with van der Waals surface area (Å²) < 4.78 is 0.932. The summed E-state index contributed by atoms with van der Waals surface area (Å²) in [5.74, 6) is 0.0662. The highest BCUT2D eigenvalue weighted by Gasteiger charge is 2.18. The van der Waals surface area contributed by atoms with E-state index in [-0.39, 0.29) is 11.9 Å². The van der Waals surface area contributed by atoms with Gasteiger partial charge >= 0.3 is 0 Å². The fourth-order valence-electron chi connectivity index (χ4n) is 2.02. The van der Waals surface area contributed by atoms with Crippen LogP contribution in [0.15, 0.2) is 28.7 Å². The third kappa shape index (κ3) is 4.89. The highest BCUT2D eigenvalue weighted by molar-refractivity contribution is 9.10. The minimum absolute atomic E-state index is 0.0662. The van der Waals surface area contributed by atoms with Gasteiger partial charge in [-0.15, -0.1) is 0 Å². The van der Waals surface area contributed by atoms with Gasteiger partial charge in [0, 0.05) is 24.1 Å². The second-order valence-electron chi connectivity index (χ2n) is 4.71. The Balaban J connectivity index is 2.52. The number of nitrogens with one attached hydrogen (secondary N) is 1. The number of hydrogen-bond donors (Lipinski definition) is 2. The molecule has 1 rings (SSSR count). The molecule has 0 heterocycles. The second kappa shape index (κ2) is 8.39. The van der Waals surface area contributed by atoms with Gasteiger partial charge in [0.05, 0.1) is 12.1 Å². The SMILES string of the molecule is CCN(CC)C(=O)C(C)NCC(O)c1cccc(Br)c1. The topological polar surface area (TPSA) is 52.6 Å². The van der Waals surface area contributed by atoms with Crippen molar-refractivity contribution in [3.05, 3.63) is 34.3 Å². The molecule has 0 aliphatic carbocycles. The van der Waals surface area contributed by atoms with Crippen molar-refractivity contribution < 1.29 is 9.90 Å². The maximum absolute atomic E-state index is 12.1. The fraction of sp³-hybridized carbons (Fsp3) is 0.533. The van der Waals surface area contributed by atoms with E-state index in [9.17, 15) is 9.90 Å². The third-order valence-corrected chi connectivity index (χ3v) is 3.79. The molecule has 0 aliphatic heterocycles. The zero-order chi connectivity index (χ0) is 15.1. The van der Waals surface area contributed by atoms with Crippen LogP contribution in [0.4, 0.5) is 0 Å². The fourth-order valence-corrected chi connectivity index (χ4v) is 2.43. The van der Waals surface area contributed by atoms with Crippen LogP contribution >= 0.6 is 15.9 Å². The average molecular weight is 343 g/mol. The lowest BCUT2D eigenvalue weighted by molar-refractivity contribution is -0.132. The molecule has 0 aliphatic rings. The first-order valence-corrected chi connectivity index (χ1v) is 7.74. The van der Waals surface area contributed by atoms with Gasteiger partial charge in [0.25, 0.3) is 0 Å². The summed E-state index contributed by atoms with van der Waals surface area (Å²) in [6, 6.07) is 7.25. The molecule has 0 bridgehead atoms. The van der Waals surface area contributed by atoms with Gasteiger partial charge in [0.2, 0.25) is 5.91 Å². The molecular formula is C15H23BrN2O2. The lowest BCUT2D eigenvalue weighted by Crippen LogP contribution is -2.45. The standard InChI is InChI=1S/C15H23BrN2O2/c1-4-18(5-2)15(20)11(3)17-10-14(19)12-7-6-8-13(16)9-12/h6-9,11,14,17,19H,4-5,10H2,1-3H3. The van der Waals surface area contributed by atoms with E-state index in [0.717, 1.165) is 10.0 Å². The number of carbonyl (C=O) groups excluding carboxylic acids is 1. The van der Waals surface area contributed by atoms with Crippen LogP contribution in [-0.4, -0.2) is 41.6 Å². The number of likely N-dealkylation sites (N-methyl/N-ethyl adjacent to an activating group) is 1. The van der Waals surface area contributed by atoms with Crippen LogP contribution in [0.1, 0.15) is 32.4 Å². The van der Waals surface area contributed by atoms with E-state index < -0.39 is 6.10 Å². The number of halogens is 1. The normalized spacial score (nSPS) is 13.8. The van der Waals surface area contributed by atoms with E-state index in [0.29, 0.717) is 19.6 Å². The molecule has 2 unspecified atom stereocenters. The average Bonchev–Trinajstić information content (AvgIpc) is 2.45. The molecular weight excluding hydrogens is 320 g/mol. The van der Waals surface area contributed by atoms with Crippen molar-refractivity contribution in [2.45, 2.75) is 32.9 Å². The molecule has 0 saturated heterocycles. The number of carbonyl (C=O) groups is 1. The van der Waals surface area contributed by atoms with Gasteiger partial charge in [0.15, 0.2) is 0 Å². The predicted octanol–water partition coefficient (Wildman–Crippen LogP) is 2.33. The maximum atomic E-state index is 12.1. The first-order chi connectivity index (χ1) is 9.49. The summed E-state index contributed by atoms with van der Waals surface area (Å²) in [5, 5.41) is 13.2. The Morgan fingerprint density at radius 3 is 2.60 bits per heavy atom. The van der Waals surface area contributed by atoms with Crippen molar-refractivity contribution in [2.75, 3.05) is 19.6 Å². The molecule has 2 atom stereocenters. The summed E-state index contributed by atoms with van der Waals surface area (Å²) in [4.78, 5) is 13.9. The molecule has 1 aromatic rings. The summed E-state index contributed by atoms with van der Waals surface area (Å²) >= 11 is 3.38. The molecule has 20 heavy (non-hydrogen) atoms. The van der Waals surface area contributed by atoms with Crippen LogP contribution in [0.25, 0.3) is 0 Å². The van der Waals surface area contributed by atoms with Gasteiger partial charge in [-0.2, -0.15) is 0 Å². The number of aliphatic hydroxyl groups is 1. The summed E-state index contributed by atoms with van der Waals surface area (Å²) in [5.41, 5.74) is 0.828. The Hall–Kier alpha value is -0.910. The number of benzene rings is 1. The van der Waals surface area contributed by atoms with Gasteiger partial charge in [-0.3, -0.25) is 4.79 Å². The monoisotopic (exact) mass is 342 g/mol. The molecule has 4 nitrogen and oxygen atoms in total. The van der Waals surface area contributed by atoms with Crippen molar-refractivity contribution in [3.8, 4) is 0 Å². The van der Waals surface area contributed by atoms with Crippen LogP contribution in [0, 0.1) is 0 Å². The second-order valence-corrected chi connectivity index (χ2v) is 5.63. The molecule has 112 valence electrons. The zero-order valence-corrected chi connectivity index (χ0v) is 13.9. The molecule has 0 spiro atoms. The number of rotatable bonds is 7. The number of nitrogens with zero attached hydrogens (tertiary/aromatic N) is 1. The highest BCUT2D eigenvalue weighted by atomic mass is 79.9. The molecule has 1 aromatic carbocycles. The van der Waals surface area contributed by atoms with Crippen LogP contribution in [0.3, 0.4) is 0 Å². The van der Waals surface area contributed by atoms with Crippen molar-refractivity contribution in [1.82, 2.24) is 10.2 Å². The molecule has 0 aromatic heterocycles. The van der Waals surface area contributed by atoms with E-state index in [1.807, 2.05) is 45.0 Å². The van der Waals surface area contributed by atoms with Gasteiger partial charge in [-0.1, -0.05) is 28.1 Å². The Morgan fingerprint density at radius 2 is 2.05 bits per heavy atom. The highest BCUT2D eigenvalue weighted by Crippen LogP contribution is 2.17. The first-order valence-electron chi connectivity index (χ1n) is 6.95. The molecule has 2 N–H and O–H groups in total. The van der Waals surface area contributed by atoms with Crippen molar-refractivity contribution in [3.63, 3.8) is 0 Å². The van der Waals surface area contributed by atoms with Crippen LogP contribution in [0.2, 0.25) is 0 Å². The summed E-state index contributed by atoms with van der Waals surface area (Å²) in [7, 11) is 0. The Morgan fingerprint density at radius 1 is 1.40 bits per heavy atom. The van der Waals surface area contributed by atoms with E-state index >= 15 is 0 Å². The van der Waals surface area contributed by atoms with Gasteiger partial charge < -0.3 is 15.3 Å². The minimum atomic E-state index is -0.626. The number of hydrogen-bond acceptors (Lipinski definition) is 3. The Labute approximate surface area is 129 Å². The maximum Gasteiger partial charge on any atom is 0.239 e. The summed E-state index contributed by atoms with van der Waals surface area (Å²) in [6.45, 7) is 7.51. The molecule has 0 radical (unpaired) electrons. The molecule has 5 heteroatoms. The number of amides is 1. The predicted molar refractivity (Wildman–Crippen MR) is 84.5 cm³/mol. The smallest absolute Gasteiger partial charge is 0.239 e. The van der Waals surface area contributed by atoms with E-state index in [1.54, 1.807) is 4.90 Å². The number of aliphatic hydroxyl groups excluding tert-OH is 1. The van der Waals surface area contributed by atoms with Crippen molar-refractivity contribution in [2.24, 2.45) is 0 Å². The Kier molecular flexibility index (Phi) is 7.19. The van der Waals surface area contributed by atoms with Crippen LogP contribution < -0.4 is 5.32 Å². The van der Waals surface area contributed by atoms with E-state index in [2.05, 4.69) is 21.2 Å². The van der Waals surface area contributed by atoms with Crippen molar-refractivity contribution >= 4 is 21.8 Å². The summed E-state index contributed by atoms with van der Waals surface area (Å²) in [6.07, 6.45) is -0.626. The quantitative estimate of drug-likeness (QED) is 0.799. The van der Waals surface area contributed by atoms with Crippen LogP contribution in [0.5, 0.6) is 0 Å². The van der Waals surface area contributed by atoms with Gasteiger partial charge in [-0.25, -0.2) is 0 Å². The molecule has 1 amide bonds. The molecule has 0 saturated carbocycles. The van der Waals surface area contributed by atoms with Gasteiger partial charge in [-0.05, 0) is 38.5 Å². The third-order valence-electron chi connectivity index (χ3n) is 3.30. The van der Waals surface area contributed by atoms with E-state index in [4.69, 9.17) is 0 Å². The lowest BCUT2D eigenvalue weighted by atomic mass is 10.1. The van der Waals surface area contributed by atoms with Crippen molar-refractivity contribution in [1.29, 1.82) is 0 Å². The first kappa shape index (κ1) is 17.1. The van der Waals surface area contributed by atoms with Gasteiger partial charge in [0.1, 0.15) is 0 Å². The van der Waals surface area contributed by atoms with Crippen LogP contribution in [-0.2, 0) is 4.79 Å². The zero-order valence-electron chi connectivity index (χ0n) is 12.3. The lowest BCUT2D eigenvalue weighted by Gasteiger charge is -2.24. The minimum Gasteiger partial charge on any atom is -0.387 e. The Bertz CT molecular complexity index is 436.